The molecule has 106 valence electrons. The molecule has 2 aromatic carbocycles. The zero-order valence-corrected chi connectivity index (χ0v) is 12.9. The Morgan fingerprint density at radius 3 is 2.25 bits per heavy atom. The predicted molar refractivity (Wildman–Crippen MR) is 84.7 cm³/mol. The molecule has 0 amide bonds. The normalized spacial score (nSPS) is 9.55. The molecular weight excluding hydrogens is 321 g/mol. The van der Waals surface area contributed by atoms with Crippen molar-refractivity contribution in [3.05, 3.63) is 52.5 Å². The number of hydrogen-bond donors (Lipinski definition) is 1. The summed E-state index contributed by atoms with van der Waals surface area (Å²) in [6, 6.07) is 12.3. The number of carbonyl (C=O) groups excluding carboxylic acids is 1. The Hall–Kier alpha value is -1.42. The number of esters is 1. The van der Waals surface area contributed by atoms with Crippen LogP contribution in [0.25, 0.3) is 0 Å². The molecule has 1 N–H and O–H groups in total. The van der Waals surface area contributed by atoms with Crippen molar-refractivity contribution in [3.8, 4) is 5.75 Å². The van der Waals surface area contributed by atoms with E-state index < -0.39 is 0 Å². The van der Waals surface area contributed by atoms with Crippen LogP contribution in [0.5, 0.6) is 5.75 Å². The number of nitrogens with one attached hydrogen (secondary N) is 1. The second-order valence-electron chi connectivity index (χ2n) is 3.81. The lowest BCUT2D eigenvalue weighted by Gasteiger charge is -2.13. The fraction of sp³-hybridized carbons (Fsp3) is 0.0714. The number of benzene rings is 2. The molecule has 6 heteroatoms. The van der Waals surface area contributed by atoms with Crippen molar-refractivity contribution in [1.29, 1.82) is 0 Å². The number of para-hydroxylation sites is 3. The Morgan fingerprint density at radius 1 is 1.05 bits per heavy atom. The summed E-state index contributed by atoms with van der Waals surface area (Å²) in [6.45, 7) is 1.35. The van der Waals surface area contributed by atoms with E-state index in [-0.39, 0.29) is 18.4 Å². The highest BCUT2D eigenvalue weighted by Crippen LogP contribution is 2.35. The summed E-state index contributed by atoms with van der Waals surface area (Å²) in [6.07, 6.45) is 0. The molecule has 0 fully saturated rings. The Labute approximate surface area is 133 Å². The summed E-state index contributed by atoms with van der Waals surface area (Å²) < 4.78 is 5.11. The maximum absolute atomic E-state index is 11.0. The largest absolute Gasteiger partial charge is 0.424 e. The molecule has 0 atom stereocenters. The summed E-state index contributed by atoms with van der Waals surface area (Å²) in [4.78, 5) is 11.0. The van der Waals surface area contributed by atoms with E-state index in [4.69, 9.17) is 27.9 Å². The molecule has 0 unspecified atom stereocenters. The van der Waals surface area contributed by atoms with Gasteiger partial charge in [-0.25, -0.2) is 0 Å². The van der Waals surface area contributed by atoms with Gasteiger partial charge in [-0.05, 0) is 24.3 Å². The van der Waals surface area contributed by atoms with Crippen LogP contribution in [-0.4, -0.2) is 5.97 Å². The highest BCUT2D eigenvalue weighted by molar-refractivity contribution is 6.39. The van der Waals surface area contributed by atoms with E-state index in [1.165, 1.54) is 6.92 Å². The Kier molecular flexibility index (Phi) is 6.14. The van der Waals surface area contributed by atoms with Crippen molar-refractivity contribution < 1.29 is 9.53 Å². The van der Waals surface area contributed by atoms with Crippen LogP contribution in [0.2, 0.25) is 10.0 Å². The molecule has 0 radical (unpaired) electrons. The Morgan fingerprint density at radius 2 is 1.65 bits per heavy atom. The van der Waals surface area contributed by atoms with E-state index in [1.807, 2.05) is 6.07 Å². The van der Waals surface area contributed by atoms with Gasteiger partial charge in [0, 0.05) is 6.92 Å². The zero-order chi connectivity index (χ0) is 13.8. The van der Waals surface area contributed by atoms with E-state index >= 15 is 0 Å². The molecule has 2 aromatic rings. The van der Waals surface area contributed by atoms with E-state index in [0.717, 1.165) is 0 Å². The monoisotopic (exact) mass is 331 g/mol. The van der Waals surface area contributed by atoms with Crippen molar-refractivity contribution in [2.45, 2.75) is 6.92 Å². The third-order valence-corrected chi connectivity index (χ3v) is 2.99. The Balaban J connectivity index is 0.00000200. The third-order valence-electron chi connectivity index (χ3n) is 2.36. The number of hydrogen-bond acceptors (Lipinski definition) is 3. The summed E-state index contributed by atoms with van der Waals surface area (Å²) in [5.41, 5.74) is 1.19. The Bertz CT molecular complexity index is 597. The summed E-state index contributed by atoms with van der Waals surface area (Å²) in [7, 11) is 0. The lowest BCUT2D eigenvalue weighted by molar-refractivity contribution is -0.131. The van der Waals surface area contributed by atoms with Gasteiger partial charge in [0.25, 0.3) is 0 Å². The highest BCUT2D eigenvalue weighted by atomic mass is 35.5. The third kappa shape index (κ3) is 4.04. The standard InChI is InChI=1S/C14H11Cl2NO2.ClH/c1-9(18)19-13-8-3-2-7-12(13)17-14-10(15)5-4-6-11(14)16;/h2-8,17H,1H3;1H. The molecule has 2 rings (SSSR count). The minimum absolute atomic E-state index is 0. The number of halogens is 3. The summed E-state index contributed by atoms with van der Waals surface area (Å²) >= 11 is 12.2. The van der Waals surface area contributed by atoms with Crippen molar-refractivity contribution in [1.82, 2.24) is 0 Å². The van der Waals surface area contributed by atoms with E-state index in [1.54, 1.807) is 36.4 Å². The zero-order valence-electron chi connectivity index (χ0n) is 10.5. The minimum atomic E-state index is -0.389. The first-order chi connectivity index (χ1) is 9.08. The molecular formula is C14H12Cl3NO2. The lowest BCUT2D eigenvalue weighted by atomic mass is 10.2. The maximum atomic E-state index is 11.0. The topological polar surface area (TPSA) is 38.3 Å². The fourth-order valence-electron chi connectivity index (χ4n) is 1.57. The number of rotatable bonds is 3. The van der Waals surface area contributed by atoms with Gasteiger partial charge in [-0.1, -0.05) is 41.4 Å². The van der Waals surface area contributed by atoms with Crippen LogP contribution in [-0.2, 0) is 4.79 Å². The molecule has 0 spiro atoms. The average molecular weight is 333 g/mol. The quantitative estimate of drug-likeness (QED) is 0.629. The van der Waals surface area contributed by atoms with Crippen LogP contribution in [0.1, 0.15) is 6.92 Å². The number of anilines is 2. The van der Waals surface area contributed by atoms with Gasteiger partial charge in [0.15, 0.2) is 5.75 Å². The van der Waals surface area contributed by atoms with Gasteiger partial charge in [0.1, 0.15) is 0 Å². The second-order valence-corrected chi connectivity index (χ2v) is 4.63. The first-order valence-corrected chi connectivity index (χ1v) is 6.32. The van der Waals surface area contributed by atoms with Crippen LogP contribution in [0.4, 0.5) is 11.4 Å². The van der Waals surface area contributed by atoms with Crippen LogP contribution in [0.15, 0.2) is 42.5 Å². The van der Waals surface area contributed by atoms with E-state index in [9.17, 15) is 4.79 Å². The SMILES string of the molecule is CC(=O)Oc1ccccc1Nc1c(Cl)cccc1Cl.Cl. The summed E-state index contributed by atoms with van der Waals surface area (Å²) in [5, 5.41) is 4.06. The molecule has 0 bridgehead atoms. The van der Waals surface area contributed by atoms with Crippen LogP contribution >= 0.6 is 35.6 Å². The van der Waals surface area contributed by atoms with Gasteiger partial charge in [-0.15, -0.1) is 12.4 Å². The van der Waals surface area contributed by atoms with Crippen LogP contribution in [0, 0.1) is 0 Å². The van der Waals surface area contributed by atoms with Gasteiger partial charge in [0.05, 0.1) is 21.4 Å². The molecule has 0 aliphatic rings. The molecule has 0 aliphatic carbocycles. The highest BCUT2D eigenvalue weighted by Gasteiger charge is 2.10. The van der Waals surface area contributed by atoms with Crippen molar-refractivity contribution in [2.24, 2.45) is 0 Å². The van der Waals surface area contributed by atoms with Crippen LogP contribution < -0.4 is 10.1 Å². The molecule has 0 saturated heterocycles. The van der Waals surface area contributed by atoms with Crippen molar-refractivity contribution in [3.63, 3.8) is 0 Å². The second kappa shape index (κ2) is 7.39. The van der Waals surface area contributed by atoms with Crippen molar-refractivity contribution in [2.75, 3.05) is 5.32 Å². The number of ether oxygens (including phenoxy) is 1. The van der Waals surface area contributed by atoms with E-state index in [2.05, 4.69) is 5.32 Å². The molecule has 0 heterocycles. The average Bonchev–Trinajstić information content (AvgIpc) is 2.35. The van der Waals surface area contributed by atoms with Gasteiger partial charge >= 0.3 is 5.97 Å². The fourth-order valence-corrected chi connectivity index (χ4v) is 2.06. The molecule has 20 heavy (non-hydrogen) atoms. The van der Waals surface area contributed by atoms with Gasteiger partial charge in [-0.2, -0.15) is 0 Å². The van der Waals surface area contributed by atoms with Gasteiger partial charge in [0.2, 0.25) is 0 Å². The first kappa shape index (κ1) is 16.6. The molecule has 0 aliphatic heterocycles. The lowest BCUT2D eigenvalue weighted by Crippen LogP contribution is -2.04. The summed E-state index contributed by atoms with van der Waals surface area (Å²) in [5.74, 6) is 0.0329. The minimum Gasteiger partial charge on any atom is -0.424 e. The number of carbonyl (C=O) groups is 1. The van der Waals surface area contributed by atoms with Crippen molar-refractivity contribution >= 4 is 53.0 Å². The molecule has 3 nitrogen and oxygen atoms in total. The van der Waals surface area contributed by atoms with Gasteiger partial charge in [-0.3, -0.25) is 4.79 Å². The first-order valence-electron chi connectivity index (χ1n) is 5.56. The predicted octanol–water partition coefficient (Wildman–Crippen LogP) is 5.08. The smallest absolute Gasteiger partial charge is 0.308 e. The van der Waals surface area contributed by atoms with Gasteiger partial charge < -0.3 is 10.1 Å². The van der Waals surface area contributed by atoms with Crippen LogP contribution in [0.3, 0.4) is 0 Å². The molecule has 0 aromatic heterocycles. The molecule has 0 saturated carbocycles. The maximum Gasteiger partial charge on any atom is 0.308 e. The van der Waals surface area contributed by atoms with E-state index in [0.29, 0.717) is 27.2 Å².